The minimum Gasteiger partial charge on any atom is -0.462 e. The van der Waals surface area contributed by atoms with E-state index >= 15 is 0 Å². The Labute approximate surface area is 160 Å². The second-order valence-corrected chi connectivity index (χ2v) is 6.72. The van der Waals surface area contributed by atoms with Gasteiger partial charge in [0, 0.05) is 20.0 Å². The zero-order valence-corrected chi connectivity index (χ0v) is 16.5. The monoisotopic (exact) mass is 372 g/mol. The van der Waals surface area contributed by atoms with Crippen molar-refractivity contribution in [2.24, 2.45) is 4.99 Å². The molecular weight excluding hydrogens is 348 g/mol. The highest BCUT2D eigenvalue weighted by atomic mass is 35.5. The molecule has 0 fully saturated rings. The summed E-state index contributed by atoms with van der Waals surface area (Å²) < 4.78 is 5.41. The third-order valence-corrected chi connectivity index (χ3v) is 4.45. The highest BCUT2D eigenvalue weighted by Crippen LogP contribution is 2.28. The van der Waals surface area contributed by atoms with E-state index in [-0.39, 0.29) is 5.97 Å². The van der Waals surface area contributed by atoms with Gasteiger partial charge in [0.25, 0.3) is 0 Å². The first-order valence-electron chi connectivity index (χ1n) is 8.68. The number of ether oxygens (including phenoxy) is 1. The number of rotatable bonds is 7. The summed E-state index contributed by atoms with van der Waals surface area (Å²) in [5.41, 5.74) is 4.26. The number of hydrogen-bond acceptors (Lipinski definition) is 3. The maximum atomic E-state index is 12.4. The second-order valence-electron chi connectivity index (χ2n) is 6.31. The molecule has 0 amide bonds. The van der Waals surface area contributed by atoms with Crippen LogP contribution in [0.5, 0.6) is 0 Å². The van der Waals surface area contributed by atoms with Crippen molar-refractivity contribution < 1.29 is 9.53 Å². The van der Waals surface area contributed by atoms with Crippen LogP contribution >= 0.6 is 11.6 Å². The predicted molar refractivity (Wildman–Crippen MR) is 108 cm³/mol. The molecule has 0 heterocycles. The summed E-state index contributed by atoms with van der Waals surface area (Å²) in [7, 11) is 1.93. The molecule has 138 valence electrons. The molecule has 0 bridgehead atoms. The van der Waals surface area contributed by atoms with Crippen molar-refractivity contribution in [1.82, 2.24) is 4.90 Å². The number of esters is 1. The standard InChI is InChI=1S/C21H25ClN2O2/c1-5-24(4)14-23-20-12-16(3)18(13-19(20)22)21(25)26-11-10-17-8-6-15(2)7-9-17/h6-9,12-14H,5,10-11H2,1-4H3/b23-14+. The molecule has 2 aromatic rings. The van der Waals surface area contributed by atoms with E-state index < -0.39 is 0 Å². The highest BCUT2D eigenvalue weighted by Gasteiger charge is 2.14. The van der Waals surface area contributed by atoms with Crippen LogP contribution in [0.1, 0.15) is 34.0 Å². The first kappa shape index (κ1) is 20.0. The van der Waals surface area contributed by atoms with Gasteiger partial charge >= 0.3 is 5.97 Å². The Balaban J connectivity index is 2.01. The average Bonchev–Trinajstić information content (AvgIpc) is 2.63. The van der Waals surface area contributed by atoms with Gasteiger partial charge in [-0.2, -0.15) is 0 Å². The van der Waals surface area contributed by atoms with Gasteiger partial charge in [0.15, 0.2) is 0 Å². The molecule has 0 atom stereocenters. The van der Waals surface area contributed by atoms with Gasteiger partial charge < -0.3 is 9.64 Å². The molecule has 0 radical (unpaired) electrons. The molecule has 0 N–H and O–H groups in total. The summed E-state index contributed by atoms with van der Waals surface area (Å²) in [6, 6.07) is 11.6. The van der Waals surface area contributed by atoms with Crippen LogP contribution in [0, 0.1) is 13.8 Å². The fourth-order valence-corrected chi connectivity index (χ4v) is 2.53. The Morgan fingerprint density at radius 2 is 1.92 bits per heavy atom. The Hall–Kier alpha value is -2.33. The number of nitrogens with zero attached hydrogens (tertiary/aromatic N) is 2. The molecule has 2 rings (SSSR count). The Bertz CT molecular complexity index is 785. The van der Waals surface area contributed by atoms with E-state index in [9.17, 15) is 4.79 Å². The van der Waals surface area contributed by atoms with Crippen LogP contribution in [-0.2, 0) is 11.2 Å². The summed E-state index contributed by atoms with van der Waals surface area (Å²) in [4.78, 5) is 18.7. The van der Waals surface area contributed by atoms with Crippen molar-refractivity contribution in [3.05, 3.63) is 63.7 Å². The number of halogens is 1. The third kappa shape index (κ3) is 5.60. The molecule has 5 heteroatoms. The van der Waals surface area contributed by atoms with Gasteiger partial charge in [0.05, 0.1) is 29.2 Å². The number of aryl methyl sites for hydroxylation is 2. The smallest absolute Gasteiger partial charge is 0.338 e. The zero-order chi connectivity index (χ0) is 19.1. The van der Waals surface area contributed by atoms with Crippen LogP contribution < -0.4 is 0 Å². The van der Waals surface area contributed by atoms with Gasteiger partial charge in [-0.15, -0.1) is 0 Å². The molecule has 0 unspecified atom stereocenters. The SMILES string of the molecule is CCN(C)/C=N/c1cc(C)c(C(=O)OCCc2ccc(C)cc2)cc1Cl. The van der Waals surface area contributed by atoms with Gasteiger partial charge in [0.1, 0.15) is 0 Å². The number of aliphatic imine (C=N–C) groups is 1. The van der Waals surface area contributed by atoms with E-state index in [1.165, 1.54) is 5.56 Å². The summed E-state index contributed by atoms with van der Waals surface area (Å²) in [5.74, 6) is -0.363. The first-order valence-corrected chi connectivity index (χ1v) is 9.05. The number of carbonyl (C=O) groups excluding carboxylic acids is 1. The molecule has 0 aliphatic carbocycles. The Kier molecular flexibility index (Phi) is 7.22. The van der Waals surface area contributed by atoms with Crippen molar-refractivity contribution in [3.63, 3.8) is 0 Å². The second kappa shape index (κ2) is 9.39. The van der Waals surface area contributed by atoms with Crippen LogP contribution in [0.25, 0.3) is 0 Å². The van der Waals surface area contributed by atoms with Crippen molar-refractivity contribution in [2.75, 3.05) is 20.2 Å². The first-order chi connectivity index (χ1) is 12.4. The maximum absolute atomic E-state index is 12.4. The molecule has 0 spiro atoms. The summed E-state index contributed by atoms with van der Waals surface area (Å²) in [6.07, 6.45) is 2.41. The molecular formula is C21H25ClN2O2. The van der Waals surface area contributed by atoms with Crippen LogP contribution in [0.2, 0.25) is 5.02 Å². The average molecular weight is 373 g/mol. The topological polar surface area (TPSA) is 41.9 Å². The quantitative estimate of drug-likeness (QED) is 0.391. The van der Waals surface area contributed by atoms with E-state index in [0.29, 0.717) is 29.3 Å². The van der Waals surface area contributed by atoms with Gasteiger partial charge in [-0.05, 0) is 44.0 Å². The number of carbonyl (C=O) groups is 1. The number of benzene rings is 2. The van der Waals surface area contributed by atoms with Crippen LogP contribution in [0.4, 0.5) is 5.69 Å². The molecule has 0 aromatic heterocycles. The lowest BCUT2D eigenvalue weighted by Crippen LogP contribution is -2.14. The Morgan fingerprint density at radius 3 is 2.58 bits per heavy atom. The summed E-state index contributed by atoms with van der Waals surface area (Å²) >= 11 is 6.28. The lowest BCUT2D eigenvalue weighted by molar-refractivity contribution is 0.0508. The van der Waals surface area contributed by atoms with Gasteiger partial charge in [-0.25, -0.2) is 9.79 Å². The Morgan fingerprint density at radius 1 is 1.23 bits per heavy atom. The molecule has 2 aromatic carbocycles. The van der Waals surface area contributed by atoms with Crippen LogP contribution in [-0.4, -0.2) is 37.4 Å². The largest absolute Gasteiger partial charge is 0.462 e. The third-order valence-electron chi connectivity index (χ3n) is 4.15. The van der Waals surface area contributed by atoms with Gasteiger partial charge in [0.2, 0.25) is 0 Å². The lowest BCUT2D eigenvalue weighted by Gasteiger charge is -2.11. The molecule has 0 saturated carbocycles. The van der Waals surface area contributed by atoms with E-state index in [4.69, 9.17) is 16.3 Å². The summed E-state index contributed by atoms with van der Waals surface area (Å²) in [6.45, 7) is 7.13. The minimum absolute atomic E-state index is 0.333. The zero-order valence-electron chi connectivity index (χ0n) is 15.8. The van der Waals surface area contributed by atoms with Gasteiger partial charge in [-0.1, -0.05) is 41.4 Å². The normalized spacial score (nSPS) is 11.0. The predicted octanol–water partition coefficient (Wildman–Crippen LogP) is 4.97. The van der Waals surface area contributed by atoms with E-state index in [1.807, 2.05) is 44.9 Å². The fraction of sp³-hybridized carbons (Fsp3) is 0.333. The molecule has 0 saturated heterocycles. The minimum atomic E-state index is -0.363. The summed E-state index contributed by atoms with van der Waals surface area (Å²) in [5, 5.41) is 0.432. The van der Waals surface area contributed by atoms with E-state index in [0.717, 1.165) is 17.7 Å². The van der Waals surface area contributed by atoms with Crippen molar-refractivity contribution in [3.8, 4) is 0 Å². The molecule has 4 nitrogen and oxygen atoms in total. The fourth-order valence-electron chi connectivity index (χ4n) is 2.32. The van der Waals surface area contributed by atoms with E-state index in [2.05, 4.69) is 17.1 Å². The molecule has 0 aliphatic rings. The molecule has 26 heavy (non-hydrogen) atoms. The maximum Gasteiger partial charge on any atom is 0.338 e. The molecule has 0 aliphatic heterocycles. The van der Waals surface area contributed by atoms with Crippen molar-refractivity contribution >= 4 is 29.6 Å². The van der Waals surface area contributed by atoms with Crippen molar-refractivity contribution in [2.45, 2.75) is 27.2 Å². The van der Waals surface area contributed by atoms with Crippen LogP contribution in [0.3, 0.4) is 0 Å². The van der Waals surface area contributed by atoms with Crippen LogP contribution in [0.15, 0.2) is 41.4 Å². The van der Waals surface area contributed by atoms with Crippen molar-refractivity contribution in [1.29, 1.82) is 0 Å². The number of hydrogen-bond donors (Lipinski definition) is 0. The van der Waals surface area contributed by atoms with E-state index in [1.54, 1.807) is 18.5 Å². The van der Waals surface area contributed by atoms with Gasteiger partial charge in [-0.3, -0.25) is 0 Å². The lowest BCUT2D eigenvalue weighted by atomic mass is 10.1. The highest BCUT2D eigenvalue weighted by molar-refractivity contribution is 6.33.